The summed E-state index contributed by atoms with van der Waals surface area (Å²) in [7, 11) is 0. The van der Waals surface area contributed by atoms with Gasteiger partial charge in [-0.05, 0) is 23.1 Å². The predicted molar refractivity (Wildman–Crippen MR) is 67.4 cm³/mol. The second-order valence-electron chi connectivity index (χ2n) is 4.57. The normalized spacial score (nSPS) is 10.7. The van der Waals surface area contributed by atoms with E-state index in [2.05, 4.69) is 50.8 Å². The zero-order chi connectivity index (χ0) is 11.3. The highest BCUT2D eigenvalue weighted by Gasteiger charge is 2.12. The molecule has 0 amide bonds. The lowest BCUT2D eigenvalue weighted by Gasteiger charge is -2.18. The van der Waals surface area contributed by atoms with Gasteiger partial charge >= 0.3 is 0 Å². The Morgan fingerprint density at radius 3 is 2.60 bits per heavy atom. The molecule has 0 aliphatic heterocycles. The van der Waals surface area contributed by atoms with Crippen molar-refractivity contribution in [2.75, 3.05) is 5.88 Å². The Hall–Kier alpha value is -0.930. The van der Waals surface area contributed by atoms with Crippen LogP contribution >= 0.6 is 11.6 Å². The largest absolute Gasteiger partial charge is 0.126 e. The lowest BCUT2D eigenvalue weighted by atomic mass is 9.86. The molecule has 1 heteroatoms. The highest BCUT2D eigenvalue weighted by molar-refractivity contribution is 6.18. The first kappa shape index (κ1) is 12.1. The summed E-state index contributed by atoms with van der Waals surface area (Å²) in [6.45, 7) is 6.62. The summed E-state index contributed by atoms with van der Waals surface area (Å²) in [5, 5.41) is 0. The maximum absolute atomic E-state index is 5.57. The fourth-order valence-corrected chi connectivity index (χ4v) is 1.37. The topological polar surface area (TPSA) is 0 Å². The maximum atomic E-state index is 5.57. The zero-order valence-corrected chi connectivity index (χ0v) is 10.4. The number of benzene rings is 1. The summed E-state index contributed by atoms with van der Waals surface area (Å²) in [5.74, 6) is 6.77. The standard InChI is InChI=1S/C14H17Cl/c1-14(2,3)13-9-6-8-12(11-13)7-4-5-10-15/h6,8-9,11H,5,10H2,1-3H3. The van der Waals surface area contributed by atoms with Crippen LogP contribution in [0.15, 0.2) is 24.3 Å². The smallest absolute Gasteiger partial charge is 0.0333 e. The van der Waals surface area contributed by atoms with Crippen LogP contribution in [0.4, 0.5) is 0 Å². The van der Waals surface area contributed by atoms with Crippen molar-refractivity contribution in [3.8, 4) is 11.8 Å². The van der Waals surface area contributed by atoms with Gasteiger partial charge in [-0.25, -0.2) is 0 Å². The molecule has 15 heavy (non-hydrogen) atoms. The summed E-state index contributed by atoms with van der Waals surface area (Å²) in [5.41, 5.74) is 2.58. The van der Waals surface area contributed by atoms with Crippen LogP contribution < -0.4 is 0 Å². The van der Waals surface area contributed by atoms with Crippen LogP contribution in [-0.2, 0) is 5.41 Å². The third-order valence-corrected chi connectivity index (χ3v) is 2.37. The molecule has 0 nitrogen and oxygen atoms in total. The molecule has 0 N–H and O–H groups in total. The quantitative estimate of drug-likeness (QED) is 0.497. The summed E-state index contributed by atoms with van der Waals surface area (Å²) in [4.78, 5) is 0. The van der Waals surface area contributed by atoms with Gasteiger partial charge in [-0.15, -0.1) is 11.6 Å². The molecular formula is C14H17Cl. The maximum Gasteiger partial charge on any atom is 0.0333 e. The fraction of sp³-hybridized carbons (Fsp3) is 0.429. The van der Waals surface area contributed by atoms with Gasteiger partial charge in [0.15, 0.2) is 0 Å². The SMILES string of the molecule is CC(C)(C)c1cccc(C#CCCCl)c1. The van der Waals surface area contributed by atoms with Crippen molar-refractivity contribution in [2.45, 2.75) is 32.6 Å². The van der Waals surface area contributed by atoms with Gasteiger partial charge in [-0.3, -0.25) is 0 Å². The van der Waals surface area contributed by atoms with E-state index in [0.29, 0.717) is 5.88 Å². The van der Waals surface area contributed by atoms with Crippen molar-refractivity contribution in [1.82, 2.24) is 0 Å². The van der Waals surface area contributed by atoms with Gasteiger partial charge in [0.2, 0.25) is 0 Å². The molecular weight excluding hydrogens is 204 g/mol. The first-order valence-corrected chi connectivity index (χ1v) is 5.73. The molecule has 0 spiro atoms. The average molecular weight is 221 g/mol. The molecule has 0 heterocycles. The third kappa shape index (κ3) is 3.98. The fourth-order valence-electron chi connectivity index (χ4n) is 1.28. The lowest BCUT2D eigenvalue weighted by molar-refractivity contribution is 0.590. The molecule has 0 bridgehead atoms. The van der Waals surface area contributed by atoms with Crippen LogP contribution in [0, 0.1) is 11.8 Å². The van der Waals surface area contributed by atoms with Crippen molar-refractivity contribution in [3.05, 3.63) is 35.4 Å². The summed E-state index contributed by atoms with van der Waals surface area (Å²) >= 11 is 5.57. The summed E-state index contributed by atoms with van der Waals surface area (Å²) in [6.07, 6.45) is 0.751. The third-order valence-electron chi connectivity index (χ3n) is 2.18. The van der Waals surface area contributed by atoms with Crippen molar-refractivity contribution in [2.24, 2.45) is 0 Å². The van der Waals surface area contributed by atoms with E-state index in [4.69, 9.17) is 11.6 Å². The summed E-state index contributed by atoms with van der Waals surface area (Å²) < 4.78 is 0. The van der Waals surface area contributed by atoms with E-state index < -0.39 is 0 Å². The number of hydrogen-bond acceptors (Lipinski definition) is 0. The monoisotopic (exact) mass is 220 g/mol. The molecule has 0 aliphatic rings. The number of alkyl halides is 1. The minimum atomic E-state index is 0.185. The molecule has 0 unspecified atom stereocenters. The lowest BCUT2D eigenvalue weighted by Crippen LogP contribution is -2.10. The Morgan fingerprint density at radius 2 is 2.00 bits per heavy atom. The van der Waals surface area contributed by atoms with Crippen molar-refractivity contribution < 1.29 is 0 Å². The Bertz CT molecular complexity index is 374. The molecule has 0 saturated heterocycles. The summed E-state index contributed by atoms with van der Waals surface area (Å²) in [6, 6.07) is 8.40. The van der Waals surface area contributed by atoms with Gasteiger partial charge in [0.1, 0.15) is 0 Å². The molecule has 0 radical (unpaired) electrons. The van der Waals surface area contributed by atoms with Gasteiger partial charge in [-0.2, -0.15) is 0 Å². The minimum absolute atomic E-state index is 0.185. The molecule has 1 aromatic carbocycles. The number of halogens is 1. The zero-order valence-electron chi connectivity index (χ0n) is 9.60. The predicted octanol–water partition coefficient (Wildman–Crippen LogP) is 3.96. The van der Waals surface area contributed by atoms with Gasteiger partial charge in [-0.1, -0.05) is 44.7 Å². The molecule has 0 saturated carbocycles. The van der Waals surface area contributed by atoms with Crippen LogP contribution in [0.5, 0.6) is 0 Å². The van der Waals surface area contributed by atoms with Crippen LogP contribution in [0.3, 0.4) is 0 Å². The Balaban J connectivity index is 2.90. The van der Waals surface area contributed by atoms with Gasteiger partial charge in [0.05, 0.1) is 0 Å². The van der Waals surface area contributed by atoms with E-state index >= 15 is 0 Å². The number of hydrogen-bond donors (Lipinski definition) is 0. The molecule has 1 aromatic rings. The molecule has 0 fully saturated rings. The molecule has 1 rings (SSSR count). The van der Waals surface area contributed by atoms with Crippen LogP contribution in [0.1, 0.15) is 38.3 Å². The average Bonchev–Trinajstić information content (AvgIpc) is 2.17. The van der Waals surface area contributed by atoms with Gasteiger partial charge in [0, 0.05) is 17.9 Å². The van der Waals surface area contributed by atoms with Crippen LogP contribution in [0.25, 0.3) is 0 Å². The molecule has 0 aromatic heterocycles. The van der Waals surface area contributed by atoms with Crippen molar-refractivity contribution >= 4 is 11.6 Å². The van der Waals surface area contributed by atoms with Crippen molar-refractivity contribution in [3.63, 3.8) is 0 Å². The van der Waals surface area contributed by atoms with Gasteiger partial charge in [0.25, 0.3) is 0 Å². The highest BCUT2D eigenvalue weighted by Crippen LogP contribution is 2.22. The minimum Gasteiger partial charge on any atom is -0.126 e. The molecule has 0 aliphatic carbocycles. The first-order chi connectivity index (χ1) is 7.04. The highest BCUT2D eigenvalue weighted by atomic mass is 35.5. The van der Waals surface area contributed by atoms with E-state index in [-0.39, 0.29) is 5.41 Å². The van der Waals surface area contributed by atoms with Crippen LogP contribution in [0.2, 0.25) is 0 Å². The van der Waals surface area contributed by atoms with E-state index in [9.17, 15) is 0 Å². The van der Waals surface area contributed by atoms with E-state index in [0.717, 1.165) is 12.0 Å². The molecule has 80 valence electrons. The van der Waals surface area contributed by atoms with E-state index in [1.165, 1.54) is 5.56 Å². The second kappa shape index (κ2) is 5.24. The van der Waals surface area contributed by atoms with Gasteiger partial charge < -0.3 is 0 Å². The first-order valence-electron chi connectivity index (χ1n) is 5.19. The second-order valence-corrected chi connectivity index (χ2v) is 4.95. The Kier molecular flexibility index (Phi) is 4.24. The molecule has 0 atom stereocenters. The van der Waals surface area contributed by atoms with E-state index in [1.807, 2.05) is 6.07 Å². The van der Waals surface area contributed by atoms with Crippen molar-refractivity contribution in [1.29, 1.82) is 0 Å². The number of rotatable bonds is 1. The van der Waals surface area contributed by atoms with E-state index in [1.54, 1.807) is 0 Å². The Morgan fingerprint density at radius 1 is 1.27 bits per heavy atom. The van der Waals surface area contributed by atoms with Crippen LogP contribution in [-0.4, -0.2) is 5.88 Å². The Labute approximate surface area is 97.7 Å².